The number of alkyl halides is 2. The van der Waals surface area contributed by atoms with Gasteiger partial charge >= 0.3 is 6.09 Å². The second kappa shape index (κ2) is 6.50. The maximum atomic E-state index is 12.5. The van der Waals surface area contributed by atoms with Gasteiger partial charge in [-0.2, -0.15) is 0 Å². The van der Waals surface area contributed by atoms with Gasteiger partial charge in [0, 0.05) is 19.1 Å². The van der Waals surface area contributed by atoms with Gasteiger partial charge in [0.15, 0.2) is 0 Å². The van der Waals surface area contributed by atoms with Crippen LogP contribution < -0.4 is 5.32 Å². The molecule has 0 spiro atoms. The van der Waals surface area contributed by atoms with Gasteiger partial charge in [0.25, 0.3) is 6.43 Å². The maximum Gasteiger partial charge on any atom is 0.410 e. The van der Waals surface area contributed by atoms with Crippen LogP contribution in [0.4, 0.5) is 13.6 Å². The van der Waals surface area contributed by atoms with E-state index in [1.165, 1.54) is 6.92 Å². The number of rotatable bonds is 3. The molecule has 1 fully saturated rings. The second-order valence-electron chi connectivity index (χ2n) is 6.06. The van der Waals surface area contributed by atoms with E-state index in [1.54, 1.807) is 4.90 Å². The molecule has 1 heterocycles. The number of carbonyl (C=O) groups is 1. The minimum atomic E-state index is -2.39. The van der Waals surface area contributed by atoms with Crippen molar-refractivity contribution in [2.75, 3.05) is 13.1 Å². The van der Waals surface area contributed by atoms with Crippen molar-refractivity contribution >= 4 is 6.09 Å². The second-order valence-corrected chi connectivity index (χ2v) is 6.06. The molecule has 0 aromatic carbocycles. The Morgan fingerprint density at radius 3 is 2.58 bits per heavy atom. The number of hydrogen-bond donors (Lipinski definition) is 1. The van der Waals surface area contributed by atoms with E-state index >= 15 is 0 Å². The summed E-state index contributed by atoms with van der Waals surface area (Å²) in [5, 5.41) is 2.87. The average Bonchev–Trinajstić information content (AvgIpc) is 2.27. The highest BCUT2D eigenvalue weighted by atomic mass is 19.3. The number of ether oxygens (including phenoxy) is 1. The zero-order chi connectivity index (χ0) is 14.6. The molecule has 0 saturated carbocycles. The molecule has 6 heteroatoms. The molecule has 112 valence electrons. The van der Waals surface area contributed by atoms with Crippen molar-refractivity contribution in [2.45, 2.75) is 64.6 Å². The summed E-state index contributed by atoms with van der Waals surface area (Å²) < 4.78 is 30.3. The number of nitrogens with zero attached hydrogens (tertiary/aromatic N) is 1. The number of likely N-dealkylation sites (tertiary alicyclic amines) is 1. The fourth-order valence-electron chi connectivity index (χ4n) is 2.05. The Morgan fingerprint density at radius 2 is 2.05 bits per heavy atom. The molecular weight excluding hydrogens is 254 g/mol. The van der Waals surface area contributed by atoms with Crippen LogP contribution in [0.3, 0.4) is 0 Å². The highest BCUT2D eigenvalue weighted by Crippen LogP contribution is 2.16. The van der Waals surface area contributed by atoms with Crippen LogP contribution >= 0.6 is 0 Å². The zero-order valence-corrected chi connectivity index (χ0v) is 12.1. The average molecular weight is 278 g/mol. The van der Waals surface area contributed by atoms with Gasteiger partial charge in [-0.15, -0.1) is 0 Å². The molecule has 0 aliphatic carbocycles. The first-order chi connectivity index (χ1) is 8.69. The summed E-state index contributed by atoms with van der Waals surface area (Å²) in [5.74, 6) is 0. The zero-order valence-electron chi connectivity index (χ0n) is 12.1. The van der Waals surface area contributed by atoms with Crippen LogP contribution in [-0.2, 0) is 4.74 Å². The Balaban J connectivity index is 2.48. The normalized spacial score (nSPS) is 22.5. The van der Waals surface area contributed by atoms with E-state index in [0.717, 1.165) is 12.8 Å². The topological polar surface area (TPSA) is 41.6 Å². The first-order valence-electron chi connectivity index (χ1n) is 6.71. The predicted octanol–water partition coefficient (Wildman–Crippen LogP) is 2.63. The third-order valence-corrected chi connectivity index (χ3v) is 2.95. The van der Waals surface area contributed by atoms with Crippen LogP contribution in [0.25, 0.3) is 0 Å². The molecule has 0 bridgehead atoms. The number of nitrogens with one attached hydrogen (secondary N) is 1. The van der Waals surface area contributed by atoms with Gasteiger partial charge in [-0.05, 0) is 40.5 Å². The fraction of sp³-hybridized carbons (Fsp3) is 0.923. The molecule has 1 aliphatic rings. The van der Waals surface area contributed by atoms with E-state index in [1.807, 2.05) is 20.8 Å². The Kier molecular flexibility index (Phi) is 5.52. The van der Waals surface area contributed by atoms with E-state index in [-0.39, 0.29) is 12.1 Å². The quantitative estimate of drug-likeness (QED) is 0.863. The third-order valence-electron chi connectivity index (χ3n) is 2.95. The molecule has 19 heavy (non-hydrogen) atoms. The summed E-state index contributed by atoms with van der Waals surface area (Å²) in [7, 11) is 0. The third kappa shape index (κ3) is 5.72. The maximum absolute atomic E-state index is 12.5. The fourth-order valence-corrected chi connectivity index (χ4v) is 2.05. The van der Waals surface area contributed by atoms with E-state index in [0.29, 0.717) is 13.1 Å². The van der Waals surface area contributed by atoms with Crippen molar-refractivity contribution in [3.8, 4) is 0 Å². The number of piperidine rings is 1. The number of halogens is 2. The van der Waals surface area contributed by atoms with Gasteiger partial charge in [-0.1, -0.05) is 0 Å². The van der Waals surface area contributed by atoms with Crippen molar-refractivity contribution in [2.24, 2.45) is 0 Å². The van der Waals surface area contributed by atoms with Crippen LogP contribution in [0.1, 0.15) is 40.5 Å². The van der Waals surface area contributed by atoms with Crippen LogP contribution in [0, 0.1) is 0 Å². The number of hydrogen-bond acceptors (Lipinski definition) is 3. The van der Waals surface area contributed by atoms with E-state index in [2.05, 4.69) is 5.32 Å². The lowest BCUT2D eigenvalue weighted by Gasteiger charge is -2.35. The van der Waals surface area contributed by atoms with Gasteiger partial charge in [0.1, 0.15) is 5.60 Å². The minimum absolute atomic E-state index is 0.0923. The molecule has 1 aliphatic heterocycles. The van der Waals surface area contributed by atoms with Crippen LogP contribution in [0.2, 0.25) is 0 Å². The first-order valence-corrected chi connectivity index (χ1v) is 6.71. The summed E-state index contributed by atoms with van der Waals surface area (Å²) >= 11 is 0. The van der Waals surface area contributed by atoms with Gasteiger partial charge in [0.05, 0.1) is 6.04 Å². The summed E-state index contributed by atoms with van der Waals surface area (Å²) in [6.07, 6.45) is -1.16. The Hall–Kier alpha value is -0.910. The molecule has 1 amide bonds. The van der Waals surface area contributed by atoms with Crippen molar-refractivity contribution < 1.29 is 18.3 Å². The largest absolute Gasteiger partial charge is 0.444 e. The highest BCUT2D eigenvalue weighted by molar-refractivity contribution is 5.68. The molecule has 0 aromatic rings. The van der Waals surface area contributed by atoms with Crippen LogP contribution in [0.15, 0.2) is 0 Å². The standard InChI is InChI=1S/C13H24F2N2O2/c1-9(11(14)15)16-10-6-5-7-17(8-10)12(18)19-13(2,3)4/h9-11,16H,5-8H2,1-4H3. The van der Waals surface area contributed by atoms with Gasteiger partial charge in [-0.3, -0.25) is 0 Å². The SMILES string of the molecule is CC(NC1CCCN(C(=O)OC(C)(C)C)C1)C(F)F. The van der Waals surface area contributed by atoms with Crippen molar-refractivity contribution in [3.63, 3.8) is 0 Å². The van der Waals surface area contributed by atoms with E-state index in [4.69, 9.17) is 4.74 Å². The van der Waals surface area contributed by atoms with Crippen LogP contribution in [-0.4, -0.2) is 48.2 Å². The lowest BCUT2D eigenvalue weighted by molar-refractivity contribution is 0.0168. The van der Waals surface area contributed by atoms with Crippen molar-refractivity contribution in [1.29, 1.82) is 0 Å². The summed E-state index contributed by atoms with van der Waals surface area (Å²) in [6, 6.07) is -0.950. The van der Waals surface area contributed by atoms with E-state index in [9.17, 15) is 13.6 Å². The lowest BCUT2D eigenvalue weighted by Crippen LogP contribution is -2.52. The Morgan fingerprint density at radius 1 is 1.42 bits per heavy atom. The molecule has 0 radical (unpaired) electrons. The Labute approximate surface area is 113 Å². The Bertz CT molecular complexity index is 306. The number of amides is 1. The highest BCUT2D eigenvalue weighted by Gasteiger charge is 2.29. The molecule has 2 atom stereocenters. The molecule has 2 unspecified atom stereocenters. The lowest BCUT2D eigenvalue weighted by atomic mass is 10.1. The smallest absolute Gasteiger partial charge is 0.410 e. The van der Waals surface area contributed by atoms with E-state index < -0.39 is 18.1 Å². The van der Waals surface area contributed by atoms with Gasteiger partial charge in [0.2, 0.25) is 0 Å². The number of carbonyl (C=O) groups excluding carboxylic acids is 1. The first kappa shape index (κ1) is 16.1. The molecule has 1 rings (SSSR count). The van der Waals surface area contributed by atoms with Crippen LogP contribution in [0.5, 0.6) is 0 Å². The summed E-state index contributed by atoms with van der Waals surface area (Å²) in [5.41, 5.74) is -0.534. The van der Waals surface area contributed by atoms with Crippen molar-refractivity contribution in [1.82, 2.24) is 10.2 Å². The minimum Gasteiger partial charge on any atom is -0.444 e. The molecular formula is C13H24F2N2O2. The summed E-state index contributed by atoms with van der Waals surface area (Å²) in [6.45, 7) is 7.93. The van der Waals surface area contributed by atoms with Crippen molar-refractivity contribution in [3.05, 3.63) is 0 Å². The summed E-state index contributed by atoms with van der Waals surface area (Å²) in [4.78, 5) is 13.5. The molecule has 1 N–H and O–H groups in total. The predicted molar refractivity (Wildman–Crippen MR) is 69.4 cm³/mol. The molecule has 1 saturated heterocycles. The van der Waals surface area contributed by atoms with Gasteiger partial charge < -0.3 is 15.0 Å². The van der Waals surface area contributed by atoms with Gasteiger partial charge in [-0.25, -0.2) is 13.6 Å². The molecule has 4 nitrogen and oxygen atoms in total. The molecule has 0 aromatic heterocycles. The monoisotopic (exact) mass is 278 g/mol.